The van der Waals surface area contributed by atoms with Gasteiger partial charge in [0.15, 0.2) is 0 Å². The molecule has 0 amide bonds. The summed E-state index contributed by atoms with van der Waals surface area (Å²) >= 11 is 7.44. The van der Waals surface area contributed by atoms with E-state index >= 15 is 0 Å². The number of anilines is 2. The maximum Gasteiger partial charge on any atom is 0.0782 e. The van der Waals surface area contributed by atoms with Gasteiger partial charge in [-0.05, 0) is 48.0 Å². The van der Waals surface area contributed by atoms with Gasteiger partial charge in [0.25, 0.3) is 0 Å². The van der Waals surface area contributed by atoms with Crippen LogP contribution in [-0.2, 0) is 0 Å². The van der Waals surface area contributed by atoms with Crippen LogP contribution in [0.3, 0.4) is 0 Å². The minimum absolute atomic E-state index is 0.235. The third-order valence-corrected chi connectivity index (χ3v) is 8.02. The molecule has 5 aromatic rings. The Morgan fingerprint density at radius 2 is 1.44 bits per heavy atom. The SMILES string of the molecule is BrC1=CC2c3ccc4c5cc(Br)ccc5n(-c5ccccc5)c4c3N(c3ccccc3)C2C=C1. The number of nitrogens with zero attached hydrogens (tertiary/aromatic N) is 2. The molecular weight excluding hydrogens is 548 g/mol. The van der Waals surface area contributed by atoms with E-state index in [1.165, 1.54) is 44.4 Å². The number of aromatic nitrogens is 1. The maximum atomic E-state index is 3.74. The first-order valence-corrected chi connectivity index (χ1v) is 13.0. The van der Waals surface area contributed by atoms with Crippen LogP contribution in [0.1, 0.15) is 11.5 Å². The number of fused-ring (bicyclic) bond motifs is 7. The average Bonchev–Trinajstić information content (AvgIpc) is 3.37. The fourth-order valence-corrected chi connectivity index (χ4v) is 6.44. The van der Waals surface area contributed by atoms with E-state index in [0.717, 1.165) is 8.96 Å². The maximum absolute atomic E-state index is 3.74. The largest absolute Gasteiger partial charge is 0.332 e. The normalized spacial score (nSPS) is 18.9. The molecule has 7 rings (SSSR count). The molecule has 2 unspecified atom stereocenters. The number of rotatable bonds is 2. The predicted octanol–water partition coefficient (Wildman–Crippen LogP) is 9.00. The lowest BCUT2D eigenvalue weighted by atomic mass is 9.91. The average molecular weight is 568 g/mol. The van der Waals surface area contributed by atoms with Crippen molar-refractivity contribution in [1.29, 1.82) is 0 Å². The Balaban J connectivity index is 1.65. The Kier molecular flexibility index (Phi) is 4.61. The molecule has 0 fully saturated rings. The van der Waals surface area contributed by atoms with Gasteiger partial charge in [0.2, 0.25) is 0 Å². The molecule has 0 radical (unpaired) electrons. The number of para-hydroxylation sites is 2. The monoisotopic (exact) mass is 566 g/mol. The van der Waals surface area contributed by atoms with E-state index in [4.69, 9.17) is 0 Å². The van der Waals surface area contributed by atoms with E-state index in [2.05, 4.69) is 151 Å². The lowest BCUT2D eigenvalue weighted by Crippen LogP contribution is -2.29. The lowest BCUT2D eigenvalue weighted by molar-refractivity contribution is 0.744. The second-order valence-electron chi connectivity index (χ2n) is 8.86. The summed E-state index contributed by atoms with van der Waals surface area (Å²) in [6.45, 7) is 0. The van der Waals surface area contributed by atoms with Crippen LogP contribution in [0.25, 0.3) is 27.5 Å². The van der Waals surface area contributed by atoms with E-state index < -0.39 is 0 Å². The summed E-state index contributed by atoms with van der Waals surface area (Å²) in [6.07, 6.45) is 6.87. The van der Waals surface area contributed by atoms with Gasteiger partial charge in [-0.2, -0.15) is 0 Å². The molecule has 0 N–H and O–H groups in total. The van der Waals surface area contributed by atoms with Crippen LogP contribution < -0.4 is 4.90 Å². The molecule has 0 saturated carbocycles. The van der Waals surface area contributed by atoms with E-state index in [1.807, 2.05) is 0 Å². The molecule has 34 heavy (non-hydrogen) atoms. The summed E-state index contributed by atoms with van der Waals surface area (Å²) in [5, 5.41) is 2.52. The molecule has 2 atom stereocenters. The quantitative estimate of drug-likeness (QED) is 0.206. The minimum atomic E-state index is 0.235. The summed E-state index contributed by atoms with van der Waals surface area (Å²) in [5.41, 5.74) is 7.51. The molecular formula is C30H20Br2N2. The highest BCUT2D eigenvalue weighted by atomic mass is 79.9. The summed E-state index contributed by atoms with van der Waals surface area (Å²) in [6, 6.07) is 33.0. The van der Waals surface area contributed by atoms with Crippen LogP contribution in [0, 0.1) is 0 Å². The Labute approximate surface area is 215 Å². The van der Waals surface area contributed by atoms with Crippen molar-refractivity contribution in [3.63, 3.8) is 0 Å². The highest BCUT2D eigenvalue weighted by molar-refractivity contribution is 9.12. The smallest absolute Gasteiger partial charge is 0.0782 e. The lowest BCUT2D eigenvalue weighted by Gasteiger charge is -2.29. The van der Waals surface area contributed by atoms with Crippen LogP contribution in [0.5, 0.6) is 0 Å². The fourth-order valence-electron chi connectivity index (χ4n) is 5.64. The Hall–Kier alpha value is -3.08. The fraction of sp³-hybridized carbons (Fsp3) is 0.0667. The summed E-state index contributed by atoms with van der Waals surface area (Å²) < 4.78 is 4.67. The van der Waals surface area contributed by atoms with Crippen molar-refractivity contribution < 1.29 is 0 Å². The Morgan fingerprint density at radius 3 is 2.21 bits per heavy atom. The number of hydrogen-bond acceptors (Lipinski definition) is 1. The van der Waals surface area contributed by atoms with Crippen molar-refractivity contribution in [3.05, 3.63) is 124 Å². The van der Waals surface area contributed by atoms with Gasteiger partial charge in [0.05, 0.1) is 22.8 Å². The summed E-state index contributed by atoms with van der Waals surface area (Å²) in [7, 11) is 0. The molecule has 2 aliphatic rings. The van der Waals surface area contributed by atoms with Gasteiger partial charge in [0.1, 0.15) is 0 Å². The highest BCUT2D eigenvalue weighted by Gasteiger charge is 2.40. The minimum Gasteiger partial charge on any atom is -0.332 e. The summed E-state index contributed by atoms with van der Waals surface area (Å²) in [4.78, 5) is 2.53. The van der Waals surface area contributed by atoms with Gasteiger partial charge in [-0.15, -0.1) is 0 Å². The molecule has 2 heterocycles. The van der Waals surface area contributed by atoms with Crippen molar-refractivity contribution in [2.45, 2.75) is 12.0 Å². The Bertz CT molecular complexity index is 1630. The zero-order valence-electron chi connectivity index (χ0n) is 18.2. The van der Waals surface area contributed by atoms with E-state index in [1.54, 1.807) is 0 Å². The number of allylic oxidation sites excluding steroid dienone is 2. The first-order chi connectivity index (χ1) is 16.7. The molecule has 1 aliphatic carbocycles. The van der Waals surface area contributed by atoms with Crippen LogP contribution in [0.4, 0.5) is 11.4 Å². The standard InChI is InChI=1S/C30H20Br2N2/c31-19-11-15-27-25(17-19)23-13-14-24-26-18-20(32)12-16-28(26)34(22-9-5-2-6-10-22)30(24)29(23)33(27)21-7-3-1-4-8-21/h1-18,25,27H. The van der Waals surface area contributed by atoms with Crippen molar-refractivity contribution in [3.8, 4) is 5.69 Å². The molecule has 0 saturated heterocycles. The van der Waals surface area contributed by atoms with Gasteiger partial charge in [-0.1, -0.05) is 98.6 Å². The molecule has 164 valence electrons. The second-order valence-corrected chi connectivity index (χ2v) is 10.7. The molecule has 0 bridgehead atoms. The third-order valence-electron chi connectivity index (χ3n) is 7.00. The van der Waals surface area contributed by atoms with Crippen molar-refractivity contribution in [2.75, 3.05) is 4.90 Å². The Morgan fingerprint density at radius 1 is 0.706 bits per heavy atom. The van der Waals surface area contributed by atoms with Crippen molar-refractivity contribution in [1.82, 2.24) is 4.57 Å². The van der Waals surface area contributed by atoms with Gasteiger partial charge in [0, 0.05) is 37.0 Å². The van der Waals surface area contributed by atoms with E-state index in [9.17, 15) is 0 Å². The molecule has 2 nitrogen and oxygen atoms in total. The molecule has 1 aromatic heterocycles. The molecule has 4 aromatic carbocycles. The molecule has 0 spiro atoms. The topological polar surface area (TPSA) is 8.17 Å². The van der Waals surface area contributed by atoms with Crippen LogP contribution in [-0.4, -0.2) is 10.6 Å². The second kappa shape index (κ2) is 7.72. The molecule has 4 heteroatoms. The van der Waals surface area contributed by atoms with Crippen LogP contribution in [0.15, 0.2) is 118 Å². The van der Waals surface area contributed by atoms with Crippen LogP contribution in [0.2, 0.25) is 0 Å². The number of benzene rings is 4. The van der Waals surface area contributed by atoms with E-state index in [-0.39, 0.29) is 12.0 Å². The first-order valence-electron chi connectivity index (χ1n) is 11.4. The van der Waals surface area contributed by atoms with Gasteiger partial charge < -0.3 is 9.47 Å². The zero-order valence-corrected chi connectivity index (χ0v) is 21.4. The van der Waals surface area contributed by atoms with Crippen molar-refractivity contribution >= 4 is 65.0 Å². The van der Waals surface area contributed by atoms with Gasteiger partial charge in [-0.25, -0.2) is 0 Å². The van der Waals surface area contributed by atoms with Crippen molar-refractivity contribution in [2.24, 2.45) is 0 Å². The summed E-state index contributed by atoms with van der Waals surface area (Å²) in [5.74, 6) is 0.285. The predicted molar refractivity (Wildman–Crippen MR) is 150 cm³/mol. The number of hydrogen-bond donors (Lipinski definition) is 0. The zero-order chi connectivity index (χ0) is 22.8. The number of halogens is 2. The van der Waals surface area contributed by atoms with E-state index in [0.29, 0.717) is 0 Å². The van der Waals surface area contributed by atoms with Crippen LogP contribution >= 0.6 is 31.9 Å². The third kappa shape index (κ3) is 2.92. The highest BCUT2D eigenvalue weighted by Crippen LogP contribution is 2.53. The molecule has 1 aliphatic heterocycles. The van der Waals surface area contributed by atoms with Gasteiger partial charge in [-0.3, -0.25) is 0 Å². The van der Waals surface area contributed by atoms with Gasteiger partial charge >= 0.3 is 0 Å². The first kappa shape index (κ1) is 20.3.